The zero-order valence-corrected chi connectivity index (χ0v) is 13.9. The molecule has 0 fully saturated rings. The van der Waals surface area contributed by atoms with Gasteiger partial charge in [0.15, 0.2) is 0 Å². The summed E-state index contributed by atoms with van der Waals surface area (Å²) in [5, 5.41) is 13.7. The number of aliphatic hydroxyl groups is 1. The van der Waals surface area contributed by atoms with E-state index in [4.69, 9.17) is 4.74 Å². The molecule has 112 valence electrons. The van der Waals surface area contributed by atoms with Gasteiger partial charge in [-0.05, 0) is 37.7 Å². The Kier molecular flexibility index (Phi) is 5.39. The fourth-order valence-electron chi connectivity index (χ4n) is 2.12. The lowest BCUT2D eigenvalue weighted by Gasteiger charge is -2.25. The van der Waals surface area contributed by atoms with Crippen LogP contribution in [0.3, 0.4) is 0 Å². The maximum absolute atomic E-state index is 10.6. The van der Waals surface area contributed by atoms with Gasteiger partial charge in [-0.25, -0.2) is 0 Å². The molecule has 0 saturated heterocycles. The summed E-state index contributed by atoms with van der Waals surface area (Å²) in [4.78, 5) is 0. The summed E-state index contributed by atoms with van der Waals surface area (Å²) in [5.74, 6) is 0.781. The molecule has 2 N–H and O–H groups in total. The molecular formula is C17H20BrNO2. The Morgan fingerprint density at radius 1 is 1.19 bits per heavy atom. The lowest BCUT2D eigenvalue weighted by Crippen LogP contribution is -2.29. The zero-order chi connectivity index (χ0) is 15.3. The van der Waals surface area contributed by atoms with Gasteiger partial charge in [-0.1, -0.05) is 46.3 Å². The van der Waals surface area contributed by atoms with Crippen LogP contribution in [0.5, 0.6) is 5.75 Å². The Balaban J connectivity index is 2.12. The molecule has 0 radical (unpaired) electrons. The average Bonchev–Trinajstić information content (AvgIpc) is 2.48. The van der Waals surface area contributed by atoms with Crippen LogP contribution in [0, 0.1) is 0 Å². The van der Waals surface area contributed by atoms with Gasteiger partial charge in [0.25, 0.3) is 0 Å². The summed E-state index contributed by atoms with van der Waals surface area (Å²) in [7, 11) is 1.89. The highest BCUT2D eigenvalue weighted by atomic mass is 79.9. The molecule has 0 spiro atoms. The van der Waals surface area contributed by atoms with Crippen molar-refractivity contribution in [2.24, 2.45) is 0 Å². The van der Waals surface area contributed by atoms with E-state index in [1.165, 1.54) is 0 Å². The van der Waals surface area contributed by atoms with Crippen molar-refractivity contribution in [3.05, 3.63) is 64.1 Å². The third kappa shape index (κ3) is 4.30. The summed E-state index contributed by atoms with van der Waals surface area (Å²) in [6.45, 7) is 2.68. The summed E-state index contributed by atoms with van der Waals surface area (Å²) in [5.41, 5.74) is 0.874. The molecule has 0 bridgehead atoms. The van der Waals surface area contributed by atoms with Crippen LogP contribution >= 0.6 is 15.9 Å². The van der Waals surface area contributed by atoms with Crippen molar-refractivity contribution < 1.29 is 9.84 Å². The first-order chi connectivity index (χ1) is 10.0. The van der Waals surface area contributed by atoms with Gasteiger partial charge in [-0.15, -0.1) is 0 Å². The molecule has 2 aromatic carbocycles. The quantitative estimate of drug-likeness (QED) is 0.839. The molecule has 1 unspecified atom stereocenters. The van der Waals surface area contributed by atoms with E-state index >= 15 is 0 Å². The normalized spacial score (nSPS) is 13.7. The van der Waals surface area contributed by atoms with Crippen LogP contribution in [0.4, 0.5) is 0 Å². The van der Waals surface area contributed by atoms with E-state index in [1.54, 1.807) is 6.92 Å². The average molecular weight is 350 g/mol. The molecule has 0 saturated carbocycles. The molecule has 4 heteroatoms. The van der Waals surface area contributed by atoms with E-state index in [1.807, 2.05) is 55.6 Å². The number of hydrogen-bond acceptors (Lipinski definition) is 3. The molecule has 0 amide bonds. The maximum atomic E-state index is 10.6. The second kappa shape index (κ2) is 7.07. The molecule has 0 heterocycles. The smallest absolute Gasteiger partial charge is 0.124 e. The molecule has 3 nitrogen and oxygen atoms in total. The summed E-state index contributed by atoms with van der Waals surface area (Å²) >= 11 is 3.46. The van der Waals surface area contributed by atoms with Crippen LogP contribution in [0.2, 0.25) is 0 Å². The van der Waals surface area contributed by atoms with Crippen LogP contribution in [-0.2, 0) is 12.1 Å². The predicted octanol–water partition coefficient (Wildman–Crippen LogP) is 3.46. The fourth-order valence-corrected chi connectivity index (χ4v) is 2.52. The van der Waals surface area contributed by atoms with E-state index in [2.05, 4.69) is 21.2 Å². The van der Waals surface area contributed by atoms with Crippen LogP contribution in [0.15, 0.2) is 53.0 Å². The Bertz CT molecular complexity index is 585. The number of rotatable bonds is 6. The maximum Gasteiger partial charge on any atom is 0.124 e. The Hall–Kier alpha value is -1.36. The first kappa shape index (κ1) is 16.0. The molecule has 21 heavy (non-hydrogen) atoms. The van der Waals surface area contributed by atoms with Crippen LogP contribution in [-0.4, -0.2) is 18.8 Å². The number of halogens is 1. The molecule has 2 aromatic rings. The monoisotopic (exact) mass is 349 g/mol. The first-order valence-corrected chi connectivity index (χ1v) is 7.66. The van der Waals surface area contributed by atoms with Crippen molar-refractivity contribution in [2.75, 3.05) is 13.7 Å². The summed E-state index contributed by atoms with van der Waals surface area (Å²) < 4.78 is 6.86. The van der Waals surface area contributed by atoms with E-state index < -0.39 is 5.60 Å². The standard InChI is InChI=1S/C17H20BrNO2/c1-17(20,14-6-4-3-5-7-14)12-21-16-9-8-15(18)10-13(16)11-19-2/h3-10,19-20H,11-12H2,1-2H3. The molecular weight excluding hydrogens is 330 g/mol. The highest BCUT2D eigenvalue weighted by molar-refractivity contribution is 9.10. The summed E-state index contributed by atoms with van der Waals surface area (Å²) in [6.07, 6.45) is 0. The van der Waals surface area contributed by atoms with E-state index in [0.717, 1.165) is 21.3 Å². The van der Waals surface area contributed by atoms with Gasteiger partial charge in [0.05, 0.1) is 0 Å². The van der Waals surface area contributed by atoms with Gasteiger partial charge in [0.1, 0.15) is 18.0 Å². The van der Waals surface area contributed by atoms with Crippen LogP contribution in [0.25, 0.3) is 0 Å². The van der Waals surface area contributed by atoms with E-state index in [-0.39, 0.29) is 6.61 Å². The molecule has 0 aliphatic carbocycles. The second-order valence-corrected chi connectivity index (χ2v) is 6.13. The molecule has 1 atom stereocenters. The minimum Gasteiger partial charge on any atom is -0.490 e. The zero-order valence-electron chi connectivity index (χ0n) is 12.3. The Morgan fingerprint density at radius 2 is 1.90 bits per heavy atom. The first-order valence-electron chi connectivity index (χ1n) is 6.86. The molecule has 0 aromatic heterocycles. The minimum absolute atomic E-state index is 0.204. The highest BCUT2D eigenvalue weighted by Gasteiger charge is 2.24. The number of nitrogens with one attached hydrogen (secondary N) is 1. The second-order valence-electron chi connectivity index (χ2n) is 5.21. The van der Waals surface area contributed by atoms with Gasteiger partial charge < -0.3 is 15.2 Å². The third-order valence-electron chi connectivity index (χ3n) is 3.29. The predicted molar refractivity (Wildman–Crippen MR) is 88.4 cm³/mol. The van der Waals surface area contributed by atoms with Gasteiger partial charge in [-0.3, -0.25) is 0 Å². The topological polar surface area (TPSA) is 41.5 Å². The minimum atomic E-state index is -1.02. The number of hydrogen-bond donors (Lipinski definition) is 2. The van der Waals surface area contributed by atoms with Crippen molar-refractivity contribution in [2.45, 2.75) is 19.1 Å². The van der Waals surface area contributed by atoms with E-state index in [0.29, 0.717) is 6.54 Å². The number of benzene rings is 2. The SMILES string of the molecule is CNCc1cc(Br)ccc1OCC(C)(O)c1ccccc1. The largest absolute Gasteiger partial charge is 0.490 e. The van der Waals surface area contributed by atoms with Crippen molar-refractivity contribution in [1.82, 2.24) is 5.32 Å². The van der Waals surface area contributed by atoms with Crippen molar-refractivity contribution in [3.8, 4) is 5.75 Å². The van der Waals surface area contributed by atoms with E-state index in [9.17, 15) is 5.11 Å². The molecule has 2 rings (SSSR count). The Morgan fingerprint density at radius 3 is 2.57 bits per heavy atom. The molecule has 0 aliphatic rings. The van der Waals surface area contributed by atoms with Gasteiger partial charge in [0, 0.05) is 16.6 Å². The lowest BCUT2D eigenvalue weighted by atomic mass is 9.97. The van der Waals surface area contributed by atoms with Gasteiger partial charge >= 0.3 is 0 Å². The summed E-state index contributed by atoms with van der Waals surface area (Å²) in [6, 6.07) is 15.4. The van der Waals surface area contributed by atoms with Crippen molar-refractivity contribution in [1.29, 1.82) is 0 Å². The van der Waals surface area contributed by atoms with Gasteiger partial charge in [0.2, 0.25) is 0 Å². The lowest BCUT2D eigenvalue weighted by molar-refractivity contribution is 0.00728. The van der Waals surface area contributed by atoms with Crippen LogP contribution < -0.4 is 10.1 Å². The third-order valence-corrected chi connectivity index (χ3v) is 3.79. The number of ether oxygens (including phenoxy) is 1. The van der Waals surface area contributed by atoms with Crippen LogP contribution in [0.1, 0.15) is 18.1 Å². The molecule has 0 aliphatic heterocycles. The van der Waals surface area contributed by atoms with Crippen molar-refractivity contribution in [3.63, 3.8) is 0 Å². The fraction of sp³-hybridized carbons (Fsp3) is 0.294. The highest BCUT2D eigenvalue weighted by Crippen LogP contribution is 2.26. The van der Waals surface area contributed by atoms with Crippen molar-refractivity contribution >= 4 is 15.9 Å². The van der Waals surface area contributed by atoms with Gasteiger partial charge in [-0.2, -0.15) is 0 Å². The Labute approximate surface area is 134 Å².